The van der Waals surface area contributed by atoms with Crippen molar-refractivity contribution < 1.29 is 32.1 Å². The molecule has 1 atom stereocenters. The van der Waals surface area contributed by atoms with E-state index in [1.54, 1.807) is 43.0 Å². The van der Waals surface area contributed by atoms with Gasteiger partial charge in [-0.2, -0.15) is 0 Å². The van der Waals surface area contributed by atoms with Crippen LogP contribution in [0.25, 0.3) is 22.3 Å². The number of aliphatic hydroxyl groups excluding tert-OH is 1. The minimum absolute atomic E-state index is 0. The molecule has 2 aromatic heterocycles. The molecule has 3 rings (SSSR count). The Morgan fingerprint density at radius 2 is 1.44 bits per heavy atom. The molecule has 0 saturated heterocycles. The average molecular weight is 404 g/mol. The number of carboxylic acids is 1. The summed E-state index contributed by atoms with van der Waals surface area (Å²) in [5.74, 6) is -1.35. The van der Waals surface area contributed by atoms with Crippen molar-refractivity contribution in [2.75, 3.05) is 0 Å². The van der Waals surface area contributed by atoms with E-state index in [0.717, 1.165) is 16.7 Å². The van der Waals surface area contributed by atoms with Crippen LogP contribution in [0, 0.1) is 0 Å². The smallest absolute Gasteiger partial charge is 0.337 e. The summed E-state index contributed by atoms with van der Waals surface area (Å²) >= 11 is 6.48. The number of nitrogens with zero attached hydrogens (tertiary/aromatic N) is 2. The summed E-state index contributed by atoms with van der Waals surface area (Å²) in [7, 11) is 0. The van der Waals surface area contributed by atoms with Crippen molar-refractivity contribution in [1.82, 2.24) is 9.97 Å². The van der Waals surface area contributed by atoms with Gasteiger partial charge in [-0.25, -0.2) is 4.79 Å². The summed E-state index contributed by atoms with van der Waals surface area (Å²) in [4.78, 5) is 19.1. The second-order valence-corrected chi connectivity index (χ2v) is 5.48. The van der Waals surface area contributed by atoms with E-state index in [1.807, 2.05) is 12.1 Å². The average Bonchev–Trinajstić information content (AvgIpc) is 2.62. The van der Waals surface area contributed by atoms with E-state index >= 15 is 0 Å². The largest absolute Gasteiger partial charge is 0.479 e. The molecule has 0 fully saturated rings. The van der Waals surface area contributed by atoms with Crippen LogP contribution in [0.2, 0.25) is 5.02 Å². The Kier molecular flexibility index (Phi) is 6.28. The fourth-order valence-electron chi connectivity index (χ4n) is 2.51. The number of rotatable bonds is 4. The molecule has 0 aliphatic rings. The van der Waals surface area contributed by atoms with Gasteiger partial charge in [0.05, 0.1) is 5.02 Å². The molecule has 1 aromatic carbocycles. The van der Waals surface area contributed by atoms with Gasteiger partial charge in [0.15, 0.2) is 6.10 Å². The normalized spacial score (nSPS) is 11.4. The Bertz CT molecular complexity index is 876. The van der Waals surface area contributed by atoms with Crippen LogP contribution in [0.1, 0.15) is 11.7 Å². The van der Waals surface area contributed by atoms with Crippen molar-refractivity contribution in [3.8, 4) is 22.3 Å². The van der Waals surface area contributed by atoms with E-state index in [4.69, 9.17) is 16.7 Å². The van der Waals surface area contributed by atoms with Crippen LogP contribution in [-0.4, -0.2) is 26.2 Å². The van der Waals surface area contributed by atoms with Gasteiger partial charge in [0.1, 0.15) is 0 Å². The van der Waals surface area contributed by atoms with E-state index in [9.17, 15) is 9.90 Å². The molecule has 25 heavy (non-hydrogen) atoms. The Morgan fingerprint density at radius 1 is 0.920 bits per heavy atom. The molecule has 131 valence electrons. The molecule has 2 heterocycles. The van der Waals surface area contributed by atoms with Gasteiger partial charge >= 0.3 is 5.97 Å². The Morgan fingerprint density at radius 3 is 1.96 bits per heavy atom. The molecular formula is C18H13ClCuN2O3. The molecule has 2 N–H and O–H groups in total. The SMILES string of the molecule is O=C(O)C(O)c1ccc(-c2ccncc2)c(-c2ccncc2)c1Cl.[Cu]. The molecule has 0 spiro atoms. The number of carboxylic acid groups (broad SMARTS) is 1. The number of pyridine rings is 2. The van der Waals surface area contributed by atoms with Crippen molar-refractivity contribution in [3.05, 3.63) is 71.8 Å². The minimum atomic E-state index is -1.69. The number of aromatic nitrogens is 2. The van der Waals surface area contributed by atoms with Gasteiger partial charge in [0.2, 0.25) is 0 Å². The molecule has 1 radical (unpaired) electrons. The zero-order valence-electron chi connectivity index (χ0n) is 12.7. The first-order valence-electron chi connectivity index (χ1n) is 7.13. The fraction of sp³-hybridized carbons (Fsp3) is 0.0556. The Labute approximate surface area is 159 Å². The number of hydrogen-bond donors (Lipinski definition) is 2. The van der Waals surface area contributed by atoms with E-state index in [2.05, 4.69) is 9.97 Å². The van der Waals surface area contributed by atoms with E-state index < -0.39 is 12.1 Å². The van der Waals surface area contributed by atoms with E-state index in [-0.39, 0.29) is 27.7 Å². The third-order valence-electron chi connectivity index (χ3n) is 3.66. The zero-order valence-corrected chi connectivity index (χ0v) is 14.4. The summed E-state index contributed by atoms with van der Waals surface area (Å²) in [5, 5.41) is 19.2. The van der Waals surface area contributed by atoms with Crippen LogP contribution in [0.15, 0.2) is 61.2 Å². The Balaban J connectivity index is 0.00000225. The van der Waals surface area contributed by atoms with Gasteiger partial charge in [-0.3, -0.25) is 9.97 Å². The first-order chi connectivity index (χ1) is 11.6. The molecule has 0 saturated carbocycles. The molecule has 1 unspecified atom stereocenters. The summed E-state index contributed by atoms with van der Waals surface area (Å²) in [6.07, 6.45) is 4.90. The third kappa shape index (κ3) is 3.89. The third-order valence-corrected chi connectivity index (χ3v) is 4.07. The van der Waals surface area contributed by atoms with Crippen molar-refractivity contribution >= 4 is 17.6 Å². The van der Waals surface area contributed by atoms with Crippen LogP contribution >= 0.6 is 11.6 Å². The number of hydrogen-bond acceptors (Lipinski definition) is 4. The first-order valence-corrected chi connectivity index (χ1v) is 7.51. The number of halogens is 1. The van der Waals surface area contributed by atoms with Crippen LogP contribution < -0.4 is 0 Å². The predicted molar refractivity (Wildman–Crippen MR) is 90.5 cm³/mol. The zero-order chi connectivity index (χ0) is 17.1. The monoisotopic (exact) mass is 403 g/mol. The van der Waals surface area contributed by atoms with Gasteiger partial charge in [-0.15, -0.1) is 0 Å². The first kappa shape index (κ1) is 19.1. The molecule has 5 nitrogen and oxygen atoms in total. The number of carbonyl (C=O) groups is 1. The maximum absolute atomic E-state index is 11.1. The number of aliphatic hydroxyl groups is 1. The minimum Gasteiger partial charge on any atom is -0.479 e. The summed E-state index contributed by atoms with van der Waals surface area (Å²) in [6, 6.07) is 10.5. The molecule has 7 heteroatoms. The predicted octanol–water partition coefficient (Wildman–Crippen LogP) is 3.58. The maximum Gasteiger partial charge on any atom is 0.337 e. The number of benzene rings is 1. The van der Waals surface area contributed by atoms with Crippen molar-refractivity contribution in [2.45, 2.75) is 6.10 Å². The van der Waals surface area contributed by atoms with Crippen molar-refractivity contribution in [1.29, 1.82) is 0 Å². The molecule has 0 aliphatic heterocycles. The van der Waals surface area contributed by atoms with Crippen molar-refractivity contribution in [2.24, 2.45) is 0 Å². The van der Waals surface area contributed by atoms with Crippen LogP contribution in [0.4, 0.5) is 0 Å². The fourth-order valence-corrected chi connectivity index (χ4v) is 2.89. The summed E-state index contributed by atoms with van der Waals surface area (Å²) < 4.78 is 0. The van der Waals surface area contributed by atoms with Gasteiger partial charge in [0, 0.05) is 53.0 Å². The van der Waals surface area contributed by atoms with Gasteiger partial charge in [0.25, 0.3) is 0 Å². The molecule has 0 aliphatic carbocycles. The van der Waals surface area contributed by atoms with Gasteiger partial charge in [-0.1, -0.05) is 23.7 Å². The van der Waals surface area contributed by atoms with E-state index in [1.165, 1.54) is 6.07 Å². The maximum atomic E-state index is 11.1. The molecular weight excluding hydrogens is 391 g/mol. The molecule has 0 bridgehead atoms. The number of aliphatic carboxylic acids is 1. The van der Waals surface area contributed by atoms with Gasteiger partial charge < -0.3 is 10.2 Å². The van der Waals surface area contributed by atoms with E-state index in [0.29, 0.717) is 5.56 Å². The summed E-state index contributed by atoms with van der Waals surface area (Å²) in [5.41, 5.74) is 3.27. The second kappa shape index (κ2) is 8.23. The van der Waals surface area contributed by atoms with Crippen LogP contribution in [-0.2, 0) is 21.9 Å². The van der Waals surface area contributed by atoms with Crippen LogP contribution in [0.3, 0.4) is 0 Å². The molecule has 0 amide bonds. The second-order valence-electron chi connectivity index (χ2n) is 5.10. The Hall–Kier alpha value is -2.24. The van der Waals surface area contributed by atoms with Gasteiger partial charge in [-0.05, 0) is 41.0 Å². The summed E-state index contributed by atoms with van der Waals surface area (Å²) in [6.45, 7) is 0. The quantitative estimate of drug-likeness (QED) is 0.650. The molecule has 3 aromatic rings. The topological polar surface area (TPSA) is 83.3 Å². The van der Waals surface area contributed by atoms with Crippen molar-refractivity contribution in [3.63, 3.8) is 0 Å². The standard InChI is InChI=1S/C18H13ClN2O3.Cu/c19-16-14(17(22)18(23)24)2-1-13(11-3-7-20-8-4-11)15(16)12-5-9-21-10-6-12;/h1-10,17,22H,(H,23,24);. The van der Waals surface area contributed by atoms with Crippen LogP contribution in [0.5, 0.6) is 0 Å².